The van der Waals surface area contributed by atoms with Gasteiger partial charge in [-0.25, -0.2) is 0 Å². The van der Waals surface area contributed by atoms with E-state index in [4.69, 9.17) is 4.74 Å². The molecule has 3 aromatic rings. The Balaban J connectivity index is 1.40. The monoisotopic (exact) mass is 431 g/mol. The highest BCUT2D eigenvalue weighted by Gasteiger charge is 2.06. The van der Waals surface area contributed by atoms with Crippen molar-refractivity contribution in [2.75, 3.05) is 22.5 Å². The minimum atomic E-state index is -0.160. The van der Waals surface area contributed by atoms with Gasteiger partial charge in [-0.3, -0.25) is 9.59 Å². The lowest BCUT2D eigenvalue weighted by molar-refractivity contribution is -0.116. The normalized spacial score (nSPS) is 10.5. The maximum atomic E-state index is 12.2. The average molecular weight is 432 g/mol. The van der Waals surface area contributed by atoms with Crippen LogP contribution in [0.4, 0.5) is 17.1 Å². The second kappa shape index (κ2) is 11.6. The Labute approximate surface area is 189 Å². The van der Waals surface area contributed by atoms with Crippen molar-refractivity contribution in [1.29, 1.82) is 0 Å². The van der Waals surface area contributed by atoms with Crippen LogP contribution in [0.5, 0.6) is 5.75 Å². The highest BCUT2D eigenvalue weighted by Crippen LogP contribution is 2.17. The predicted octanol–water partition coefficient (Wildman–Crippen LogP) is 5.10. The zero-order valence-electron chi connectivity index (χ0n) is 18.4. The molecule has 0 spiro atoms. The molecule has 0 atom stereocenters. The van der Waals surface area contributed by atoms with E-state index in [2.05, 4.69) is 16.0 Å². The van der Waals surface area contributed by atoms with Crippen molar-refractivity contribution in [3.63, 3.8) is 0 Å². The minimum absolute atomic E-state index is 0.0420. The van der Waals surface area contributed by atoms with Gasteiger partial charge in [0.2, 0.25) is 11.8 Å². The van der Waals surface area contributed by atoms with Gasteiger partial charge in [0.15, 0.2) is 0 Å². The summed E-state index contributed by atoms with van der Waals surface area (Å²) in [5, 5.41) is 8.80. The molecule has 0 fully saturated rings. The molecule has 3 rings (SSSR count). The molecule has 3 aromatic carbocycles. The Morgan fingerprint density at radius 3 is 1.91 bits per heavy atom. The van der Waals surface area contributed by atoms with Crippen molar-refractivity contribution in [2.45, 2.75) is 32.8 Å². The fraction of sp³-hybridized carbons (Fsp3) is 0.231. The van der Waals surface area contributed by atoms with E-state index in [9.17, 15) is 9.59 Å². The van der Waals surface area contributed by atoms with E-state index in [0.29, 0.717) is 24.2 Å². The first-order valence-corrected chi connectivity index (χ1v) is 10.7. The number of aryl methyl sites for hydroxylation is 1. The number of nitrogens with one attached hydrogen (secondary N) is 3. The third-order valence-electron chi connectivity index (χ3n) is 4.62. The Morgan fingerprint density at radius 2 is 1.31 bits per heavy atom. The zero-order chi connectivity index (χ0) is 22.8. The molecule has 0 heterocycles. The van der Waals surface area contributed by atoms with Crippen molar-refractivity contribution in [3.05, 3.63) is 84.4 Å². The van der Waals surface area contributed by atoms with Crippen LogP contribution in [0, 0.1) is 0 Å². The number of carbonyl (C=O) groups excluding carboxylic acids is 2. The molecular weight excluding hydrogens is 402 g/mol. The Hall–Kier alpha value is -3.80. The van der Waals surface area contributed by atoms with Crippen LogP contribution < -0.4 is 20.7 Å². The summed E-state index contributed by atoms with van der Waals surface area (Å²) in [5.41, 5.74) is 3.33. The summed E-state index contributed by atoms with van der Waals surface area (Å²) >= 11 is 0. The van der Waals surface area contributed by atoms with Crippen LogP contribution in [0.25, 0.3) is 0 Å². The smallest absolute Gasteiger partial charge is 0.243 e. The van der Waals surface area contributed by atoms with Crippen LogP contribution in [-0.4, -0.2) is 24.5 Å². The quantitative estimate of drug-likeness (QED) is 0.417. The molecule has 0 radical (unpaired) electrons. The molecule has 6 nitrogen and oxygen atoms in total. The van der Waals surface area contributed by atoms with Gasteiger partial charge >= 0.3 is 0 Å². The molecule has 3 N–H and O–H groups in total. The highest BCUT2D eigenvalue weighted by molar-refractivity contribution is 5.94. The van der Waals surface area contributed by atoms with Gasteiger partial charge in [-0.1, -0.05) is 30.3 Å². The summed E-state index contributed by atoms with van der Waals surface area (Å²) in [6.07, 6.45) is 1.23. The molecule has 166 valence electrons. The summed E-state index contributed by atoms with van der Waals surface area (Å²) < 4.78 is 5.61. The van der Waals surface area contributed by atoms with E-state index in [1.807, 2.05) is 68.4 Å². The van der Waals surface area contributed by atoms with E-state index in [1.54, 1.807) is 24.3 Å². The highest BCUT2D eigenvalue weighted by atomic mass is 16.5. The summed E-state index contributed by atoms with van der Waals surface area (Å²) in [4.78, 5) is 24.4. The number of benzene rings is 3. The lowest BCUT2D eigenvalue weighted by Crippen LogP contribution is -2.21. The first-order valence-electron chi connectivity index (χ1n) is 10.7. The third kappa shape index (κ3) is 7.80. The van der Waals surface area contributed by atoms with Crippen molar-refractivity contribution >= 4 is 28.9 Å². The fourth-order valence-corrected chi connectivity index (χ4v) is 3.07. The van der Waals surface area contributed by atoms with E-state index >= 15 is 0 Å². The van der Waals surface area contributed by atoms with Gasteiger partial charge in [0.25, 0.3) is 0 Å². The van der Waals surface area contributed by atoms with E-state index in [0.717, 1.165) is 17.0 Å². The topological polar surface area (TPSA) is 79.5 Å². The molecule has 0 aliphatic rings. The van der Waals surface area contributed by atoms with Crippen LogP contribution in [0.2, 0.25) is 0 Å². The molecule has 2 amide bonds. The van der Waals surface area contributed by atoms with Crippen molar-refractivity contribution in [1.82, 2.24) is 0 Å². The number of hydrogen-bond acceptors (Lipinski definition) is 4. The fourth-order valence-electron chi connectivity index (χ4n) is 3.07. The van der Waals surface area contributed by atoms with Crippen molar-refractivity contribution < 1.29 is 14.3 Å². The second-order valence-corrected chi connectivity index (χ2v) is 7.70. The number of rotatable bonds is 10. The lowest BCUT2D eigenvalue weighted by atomic mass is 10.1. The summed E-state index contributed by atoms with van der Waals surface area (Å²) in [6, 6.07) is 24.5. The molecule has 0 saturated heterocycles. The molecule has 0 saturated carbocycles. The second-order valence-electron chi connectivity index (χ2n) is 7.70. The standard InChI is InChI=1S/C26H29N3O3/c1-19(2)32-24-15-13-21(14-16-24)27-18-26(31)29-23-11-9-22(10-12-23)28-25(30)17-8-20-6-4-3-5-7-20/h3-7,9-16,19,27H,8,17-18H2,1-2H3,(H,28,30)(H,29,31). The molecule has 6 heteroatoms. The molecule has 0 aliphatic heterocycles. The maximum absolute atomic E-state index is 12.2. The van der Waals surface area contributed by atoms with Crippen LogP contribution >= 0.6 is 0 Å². The van der Waals surface area contributed by atoms with Crippen molar-refractivity contribution in [3.8, 4) is 5.75 Å². The van der Waals surface area contributed by atoms with E-state index in [1.165, 1.54) is 0 Å². The number of amides is 2. The van der Waals surface area contributed by atoms with Crippen LogP contribution in [0.15, 0.2) is 78.9 Å². The molecule has 0 aliphatic carbocycles. The van der Waals surface area contributed by atoms with Gasteiger partial charge in [0.05, 0.1) is 12.6 Å². The third-order valence-corrected chi connectivity index (χ3v) is 4.62. The summed E-state index contributed by atoms with van der Waals surface area (Å²) in [5.74, 6) is 0.592. The number of carbonyl (C=O) groups is 2. The van der Waals surface area contributed by atoms with Gasteiger partial charge in [-0.15, -0.1) is 0 Å². The molecule has 32 heavy (non-hydrogen) atoms. The number of hydrogen-bond donors (Lipinski definition) is 3. The SMILES string of the molecule is CC(C)Oc1ccc(NCC(=O)Nc2ccc(NC(=O)CCc3ccccc3)cc2)cc1. The summed E-state index contributed by atoms with van der Waals surface area (Å²) in [6.45, 7) is 4.09. The van der Waals surface area contributed by atoms with Crippen LogP contribution in [0.3, 0.4) is 0 Å². The molecular formula is C26H29N3O3. The first kappa shape index (κ1) is 22.9. The maximum Gasteiger partial charge on any atom is 0.243 e. The zero-order valence-corrected chi connectivity index (χ0v) is 18.4. The van der Waals surface area contributed by atoms with Crippen LogP contribution in [-0.2, 0) is 16.0 Å². The lowest BCUT2D eigenvalue weighted by Gasteiger charge is -2.11. The largest absolute Gasteiger partial charge is 0.491 e. The van der Waals surface area contributed by atoms with Gasteiger partial charge in [-0.2, -0.15) is 0 Å². The number of anilines is 3. The summed E-state index contributed by atoms with van der Waals surface area (Å²) in [7, 11) is 0. The van der Waals surface area contributed by atoms with Gasteiger partial charge in [-0.05, 0) is 74.4 Å². The minimum Gasteiger partial charge on any atom is -0.491 e. The first-order chi connectivity index (χ1) is 15.5. The van der Waals surface area contributed by atoms with Gasteiger partial charge in [0.1, 0.15) is 5.75 Å². The van der Waals surface area contributed by atoms with E-state index < -0.39 is 0 Å². The Kier molecular flexibility index (Phi) is 8.26. The van der Waals surface area contributed by atoms with Gasteiger partial charge in [0, 0.05) is 23.5 Å². The van der Waals surface area contributed by atoms with E-state index in [-0.39, 0.29) is 24.5 Å². The van der Waals surface area contributed by atoms with Crippen molar-refractivity contribution in [2.24, 2.45) is 0 Å². The predicted molar refractivity (Wildman–Crippen MR) is 129 cm³/mol. The van der Waals surface area contributed by atoms with Gasteiger partial charge < -0.3 is 20.7 Å². The molecule has 0 unspecified atom stereocenters. The molecule has 0 aromatic heterocycles. The van der Waals surface area contributed by atoms with Crippen LogP contribution in [0.1, 0.15) is 25.8 Å². The Morgan fingerprint density at radius 1 is 0.750 bits per heavy atom. The average Bonchev–Trinajstić information content (AvgIpc) is 2.79. The number of ether oxygens (including phenoxy) is 1. The molecule has 0 bridgehead atoms. The Bertz CT molecular complexity index is 1000.